The van der Waals surface area contributed by atoms with Crippen LogP contribution in [-0.2, 0) is 0 Å². The molecule has 0 aliphatic carbocycles. The number of nitrogens with two attached hydrogens (primary N) is 1. The summed E-state index contributed by atoms with van der Waals surface area (Å²) < 4.78 is 0. The summed E-state index contributed by atoms with van der Waals surface area (Å²) in [6.45, 7) is 8.91. The van der Waals surface area contributed by atoms with Crippen LogP contribution >= 0.6 is 0 Å². The summed E-state index contributed by atoms with van der Waals surface area (Å²) in [5.74, 6) is 6.17. The standard InChI is InChI=1S/C13H22N4O/c1-9(2)8-17(10(3)4)13(18)11-6-5-7-15-12(11)16-14/h5-7,9-10H,8,14H2,1-4H3,(H,15,16). The van der Waals surface area contributed by atoms with Gasteiger partial charge in [-0.05, 0) is 31.9 Å². The van der Waals surface area contributed by atoms with Crippen molar-refractivity contribution in [2.45, 2.75) is 33.7 Å². The van der Waals surface area contributed by atoms with E-state index in [2.05, 4.69) is 24.3 Å². The zero-order valence-electron chi connectivity index (χ0n) is 11.5. The fourth-order valence-electron chi connectivity index (χ4n) is 1.77. The number of hydrogen-bond acceptors (Lipinski definition) is 4. The van der Waals surface area contributed by atoms with E-state index in [1.54, 1.807) is 18.3 Å². The number of carbonyl (C=O) groups excluding carboxylic acids is 1. The van der Waals surface area contributed by atoms with Crippen LogP contribution in [0.5, 0.6) is 0 Å². The Balaban J connectivity index is 3.02. The van der Waals surface area contributed by atoms with Crippen molar-refractivity contribution < 1.29 is 4.79 Å². The molecule has 3 N–H and O–H groups in total. The Morgan fingerprint density at radius 3 is 2.61 bits per heavy atom. The molecular formula is C13H22N4O. The van der Waals surface area contributed by atoms with E-state index in [4.69, 9.17) is 5.84 Å². The highest BCUT2D eigenvalue weighted by atomic mass is 16.2. The normalized spacial score (nSPS) is 10.8. The second-order valence-corrected chi connectivity index (χ2v) is 4.99. The van der Waals surface area contributed by atoms with Crippen molar-refractivity contribution in [3.05, 3.63) is 23.9 Å². The van der Waals surface area contributed by atoms with Crippen LogP contribution in [0.2, 0.25) is 0 Å². The van der Waals surface area contributed by atoms with E-state index in [-0.39, 0.29) is 11.9 Å². The van der Waals surface area contributed by atoms with E-state index in [1.807, 2.05) is 18.7 Å². The number of pyridine rings is 1. The van der Waals surface area contributed by atoms with Gasteiger partial charge in [-0.15, -0.1) is 0 Å². The van der Waals surface area contributed by atoms with Gasteiger partial charge < -0.3 is 10.3 Å². The first-order chi connectivity index (χ1) is 8.47. The van der Waals surface area contributed by atoms with Crippen molar-refractivity contribution in [1.29, 1.82) is 0 Å². The SMILES string of the molecule is CC(C)CN(C(=O)c1cccnc1NN)C(C)C. The van der Waals surface area contributed by atoms with Crippen LogP contribution in [0.25, 0.3) is 0 Å². The third-order valence-corrected chi connectivity index (χ3v) is 2.62. The highest BCUT2D eigenvalue weighted by Gasteiger charge is 2.22. The van der Waals surface area contributed by atoms with Crippen molar-refractivity contribution in [3.63, 3.8) is 0 Å². The molecule has 18 heavy (non-hydrogen) atoms. The maximum Gasteiger partial charge on any atom is 0.257 e. The van der Waals surface area contributed by atoms with Gasteiger partial charge in [0.15, 0.2) is 5.82 Å². The van der Waals surface area contributed by atoms with Gasteiger partial charge in [0.25, 0.3) is 5.91 Å². The number of nitrogens with one attached hydrogen (secondary N) is 1. The molecule has 0 bridgehead atoms. The Morgan fingerprint density at radius 2 is 2.11 bits per heavy atom. The van der Waals surface area contributed by atoms with Crippen molar-refractivity contribution in [1.82, 2.24) is 9.88 Å². The van der Waals surface area contributed by atoms with Crippen LogP contribution in [0.4, 0.5) is 5.82 Å². The second-order valence-electron chi connectivity index (χ2n) is 4.99. The summed E-state index contributed by atoms with van der Waals surface area (Å²) in [7, 11) is 0. The van der Waals surface area contributed by atoms with Gasteiger partial charge in [-0.1, -0.05) is 13.8 Å². The minimum atomic E-state index is -0.0419. The number of anilines is 1. The first-order valence-electron chi connectivity index (χ1n) is 6.20. The molecule has 0 spiro atoms. The summed E-state index contributed by atoms with van der Waals surface area (Å²) in [6, 6.07) is 3.62. The van der Waals surface area contributed by atoms with Gasteiger partial charge >= 0.3 is 0 Å². The molecule has 1 aromatic heterocycles. The molecule has 0 atom stereocenters. The van der Waals surface area contributed by atoms with Gasteiger partial charge in [0.1, 0.15) is 0 Å². The smallest absolute Gasteiger partial charge is 0.257 e. The third kappa shape index (κ3) is 3.43. The van der Waals surface area contributed by atoms with E-state index in [9.17, 15) is 4.79 Å². The summed E-state index contributed by atoms with van der Waals surface area (Å²) in [5, 5.41) is 0. The predicted octanol–water partition coefficient (Wildman–Crippen LogP) is 1.87. The number of hydrogen-bond donors (Lipinski definition) is 2. The average molecular weight is 250 g/mol. The Hall–Kier alpha value is -1.62. The average Bonchev–Trinajstić information content (AvgIpc) is 2.34. The second kappa shape index (κ2) is 6.35. The Labute approximate surface area is 108 Å². The van der Waals surface area contributed by atoms with E-state index < -0.39 is 0 Å². The van der Waals surface area contributed by atoms with Crippen molar-refractivity contribution >= 4 is 11.7 Å². The molecular weight excluding hydrogens is 228 g/mol. The molecule has 0 saturated heterocycles. The van der Waals surface area contributed by atoms with E-state index in [0.29, 0.717) is 17.3 Å². The Kier molecular flexibility index (Phi) is 5.09. The molecule has 1 heterocycles. The van der Waals surface area contributed by atoms with Crippen LogP contribution in [0.15, 0.2) is 18.3 Å². The van der Waals surface area contributed by atoms with Gasteiger partial charge in [0, 0.05) is 18.8 Å². The quantitative estimate of drug-likeness (QED) is 0.618. The number of amides is 1. The first kappa shape index (κ1) is 14.4. The number of nitrogen functional groups attached to an aromatic ring is 1. The molecule has 0 aliphatic rings. The predicted molar refractivity (Wildman–Crippen MR) is 73.1 cm³/mol. The third-order valence-electron chi connectivity index (χ3n) is 2.62. The van der Waals surface area contributed by atoms with Crippen molar-refractivity contribution in [2.75, 3.05) is 12.0 Å². The number of rotatable bonds is 5. The molecule has 100 valence electrons. The number of aromatic nitrogens is 1. The molecule has 1 rings (SSSR count). The molecule has 1 amide bonds. The largest absolute Gasteiger partial charge is 0.336 e. The lowest BCUT2D eigenvalue weighted by Gasteiger charge is -2.29. The molecule has 0 saturated carbocycles. The lowest BCUT2D eigenvalue weighted by molar-refractivity contribution is 0.0682. The zero-order valence-corrected chi connectivity index (χ0v) is 11.5. The lowest BCUT2D eigenvalue weighted by Crippen LogP contribution is -2.40. The topological polar surface area (TPSA) is 71.2 Å². The van der Waals surface area contributed by atoms with E-state index >= 15 is 0 Å². The molecule has 0 unspecified atom stereocenters. The minimum absolute atomic E-state index is 0.0419. The van der Waals surface area contributed by atoms with E-state index in [0.717, 1.165) is 6.54 Å². The minimum Gasteiger partial charge on any atom is -0.336 e. The van der Waals surface area contributed by atoms with Crippen LogP contribution in [0.1, 0.15) is 38.1 Å². The van der Waals surface area contributed by atoms with Crippen LogP contribution in [0.3, 0.4) is 0 Å². The fraction of sp³-hybridized carbons (Fsp3) is 0.538. The van der Waals surface area contributed by atoms with Gasteiger partial charge in [-0.25, -0.2) is 10.8 Å². The van der Waals surface area contributed by atoms with Gasteiger partial charge in [-0.3, -0.25) is 4.79 Å². The molecule has 0 aromatic carbocycles. The van der Waals surface area contributed by atoms with Crippen LogP contribution in [0, 0.1) is 5.92 Å². The lowest BCUT2D eigenvalue weighted by atomic mass is 10.1. The van der Waals surface area contributed by atoms with E-state index in [1.165, 1.54) is 0 Å². The summed E-state index contributed by atoms with van der Waals surface area (Å²) >= 11 is 0. The highest BCUT2D eigenvalue weighted by molar-refractivity contribution is 5.98. The van der Waals surface area contributed by atoms with Crippen LogP contribution in [-0.4, -0.2) is 28.4 Å². The molecule has 5 heteroatoms. The number of hydrazine groups is 1. The summed E-state index contributed by atoms with van der Waals surface area (Å²) in [5.41, 5.74) is 2.97. The maximum atomic E-state index is 12.5. The Morgan fingerprint density at radius 1 is 1.44 bits per heavy atom. The van der Waals surface area contributed by atoms with Gasteiger partial charge in [-0.2, -0.15) is 0 Å². The fourth-order valence-corrected chi connectivity index (χ4v) is 1.77. The van der Waals surface area contributed by atoms with Crippen LogP contribution < -0.4 is 11.3 Å². The first-order valence-corrected chi connectivity index (χ1v) is 6.20. The highest BCUT2D eigenvalue weighted by Crippen LogP contribution is 2.16. The monoisotopic (exact) mass is 250 g/mol. The van der Waals surface area contributed by atoms with Gasteiger partial charge in [0.2, 0.25) is 0 Å². The number of nitrogens with zero attached hydrogens (tertiary/aromatic N) is 2. The Bertz CT molecular complexity index is 404. The molecule has 0 fully saturated rings. The maximum absolute atomic E-state index is 12.5. The van der Waals surface area contributed by atoms with Crippen molar-refractivity contribution in [2.24, 2.45) is 11.8 Å². The molecule has 1 aromatic rings. The molecule has 0 aliphatic heterocycles. The summed E-state index contributed by atoms with van der Waals surface area (Å²) in [4.78, 5) is 18.4. The summed E-state index contributed by atoms with van der Waals surface area (Å²) in [6.07, 6.45) is 1.61. The number of carbonyl (C=O) groups is 1. The molecule has 0 radical (unpaired) electrons. The van der Waals surface area contributed by atoms with Crippen molar-refractivity contribution in [3.8, 4) is 0 Å². The van der Waals surface area contributed by atoms with Gasteiger partial charge in [0.05, 0.1) is 5.56 Å². The molecule has 5 nitrogen and oxygen atoms in total. The zero-order chi connectivity index (χ0) is 13.7.